The summed E-state index contributed by atoms with van der Waals surface area (Å²) in [6.45, 7) is 8.07. The van der Waals surface area contributed by atoms with E-state index in [1.807, 2.05) is 45.0 Å². The number of carbonyl (C=O) groups is 1. The van der Waals surface area contributed by atoms with E-state index in [0.29, 0.717) is 12.2 Å². The van der Waals surface area contributed by atoms with Crippen molar-refractivity contribution in [3.63, 3.8) is 0 Å². The Morgan fingerprint density at radius 3 is 2.09 bits per heavy atom. The van der Waals surface area contributed by atoms with Gasteiger partial charge in [0.2, 0.25) is 5.91 Å². The summed E-state index contributed by atoms with van der Waals surface area (Å²) < 4.78 is 28.4. The van der Waals surface area contributed by atoms with Crippen molar-refractivity contribution in [2.75, 3.05) is 17.4 Å². The monoisotopic (exact) mass is 478 g/mol. The number of hydrogen-bond donors (Lipinski definition) is 1. The van der Waals surface area contributed by atoms with Crippen molar-refractivity contribution in [3.05, 3.63) is 95.1 Å². The van der Waals surface area contributed by atoms with Crippen LogP contribution in [0.25, 0.3) is 0 Å². The smallest absolute Gasteiger partial charge is 0.264 e. The first-order valence-corrected chi connectivity index (χ1v) is 13.1. The van der Waals surface area contributed by atoms with E-state index in [0.717, 1.165) is 29.5 Å². The average molecular weight is 479 g/mol. The average Bonchev–Trinajstić information content (AvgIpc) is 2.80. The van der Waals surface area contributed by atoms with Crippen molar-refractivity contribution >= 4 is 21.6 Å². The van der Waals surface area contributed by atoms with Gasteiger partial charge in [0.05, 0.1) is 10.6 Å². The number of nitrogens with one attached hydrogen (secondary N) is 1. The molecule has 3 rings (SSSR count). The molecular formula is C28H34N2O3S. The zero-order valence-corrected chi connectivity index (χ0v) is 21.2. The molecule has 0 heterocycles. The number of rotatable bonds is 10. The lowest BCUT2D eigenvalue weighted by atomic mass is 9.97. The zero-order chi connectivity index (χ0) is 24.7. The van der Waals surface area contributed by atoms with Gasteiger partial charge in [-0.05, 0) is 74.1 Å². The Bertz CT molecular complexity index is 1190. The van der Waals surface area contributed by atoms with Gasteiger partial charge < -0.3 is 5.32 Å². The normalized spacial score (nSPS) is 12.2. The first-order chi connectivity index (χ1) is 16.2. The largest absolute Gasteiger partial charge is 0.354 e. The highest BCUT2D eigenvalue weighted by Crippen LogP contribution is 2.26. The number of benzene rings is 3. The number of aryl methyl sites for hydroxylation is 3. The van der Waals surface area contributed by atoms with Crippen LogP contribution in [0.4, 0.5) is 5.69 Å². The topological polar surface area (TPSA) is 66.5 Å². The molecule has 0 aliphatic heterocycles. The number of sulfonamides is 1. The molecule has 0 radical (unpaired) electrons. The molecule has 1 N–H and O–H groups in total. The molecule has 3 aromatic carbocycles. The van der Waals surface area contributed by atoms with Crippen molar-refractivity contribution in [1.29, 1.82) is 0 Å². The van der Waals surface area contributed by atoms with Crippen LogP contribution in [0.1, 0.15) is 35.6 Å². The summed E-state index contributed by atoms with van der Waals surface area (Å²) in [7, 11) is -3.92. The van der Waals surface area contributed by atoms with Gasteiger partial charge in [0.25, 0.3) is 10.0 Å². The molecule has 0 spiro atoms. The summed E-state index contributed by atoms with van der Waals surface area (Å²) in [5, 5.41) is 2.97. The number of hydrogen-bond acceptors (Lipinski definition) is 3. The molecule has 0 saturated carbocycles. The van der Waals surface area contributed by atoms with E-state index in [9.17, 15) is 13.2 Å². The van der Waals surface area contributed by atoms with Crippen LogP contribution in [-0.4, -0.2) is 27.4 Å². The van der Waals surface area contributed by atoms with Crippen LogP contribution in [0.15, 0.2) is 77.7 Å². The molecule has 34 heavy (non-hydrogen) atoms. The van der Waals surface area contributed by atoms with E-state index in [1.54, 1.807) is 36.4 Å². The van der Waals surface area contributed by atoms with Gasteiger partial charge >= 0.3 is 0 Å². The van der Waals surface area contributed by atoms with Gasteiger partial charge in [-0.15, -0.1) is 0 Å². The molecule has 0 fully saturated rings. The Hall–Kier alpha value is -3.12. The second kappa shape index (κ2) is 11.3. The molecule has 0 aliphatic rings. The fourth-order valence-corrected chi connectivity index (χ4v) is 5.40. The fourth-order valence-electron chi connectivity index (χ4n) is 4.00. The summed E-state index contributed by atoms with van der Waals surface area (Å²) in [6, 6.07) is 22.5. The molecule has 1 amide bonds. The maximum absolute atomic E-state index is 13.6. The van der Waals surface area contributed by atoms with E-state index in [4.69, 9.17) is 0 Å². The minimum Gasteiger partial charge on any atom is -0.354 e. The lowest BCUT2D eigenvalue weighted by Gasteiger charge is -2.25. The van der Waals surface area contributed by atoms with E-state index in [1.165, 1.54) is 9.87 Å². The zero-order valence-electron chi connectivity index (χ0n) is 20.4. The second-order valence-electron chi connectivity index (χ2n) is 8.94. The highest BCUT2D eigenvalue weighted by Gasteiger charge is 2.27. The van der Waals surface area contributed by atoms with E-state index in [2.05, 4.69) is 24.4 Å². The summed E-state index contributed by atoms with van der Waals surface area (Å²) in [5.74, 6) is -0.0453. The molecule has 0 aromatic heterocycles. The Labute approximate surface area is 203 Å². The SMILES string of the molecule is CCC(CNC(=O)CN(c1cc(C)cc(C)c1)S(=O)(=O)c1ccc(C)cc1)Cc1ccccc1. The van der Waals surface area contributed by atoms with Crippen molar-refractivity contribution in [2.24, 2.45) is 5.92 Å². The van der Waals surface area contributed by atoms with Crippen LogP contribution in [0, 0.1) is 26.7 Å². The molecule has 180 valence electrons. The third-order valence-corrected chi connectivity index (χ3v) is 7.71. The van der Waals surface area contributed by atoms with Gasteiger partial charge in [-0.3, -0.25) is 9.10 Å². The van der Waals surface area contributed by atoms with E-state index >= 15 is 0 Å². The van der Waals surface area contributed by atoms with Gasteiger partial charge in [-0.1, -0.05) is 67.4 Å². The summed E-state index contributed by atoms with van der Waals surface area (Å²) in [5.41, 5.74) is 4.56. The Balaban J connectivity index is 1.80. The standard InChI is InChI=1S/C28H34N2O3S/c1-5-24(18-25-9-7-6-8-10-25)19-29-28(31)20-30(26-16-22(3)15-23(4)17-26)34(32,33)27-13-11-21(2)12-14-27/h6-17,24H,5,18-20H2,1-4H3,(H,29,31). The lowest BCUT2D eigenvalue weighted by molar-refractivity contribution is -0.119. The van der Waals surface area contributed by atoms with Crippen LogP contribution in [-0.2, 0) is 21.2 Å². The van der Waals surface area contributed by atoms with Crippen LogP contribution in [0.2, 0.25) is 0 Å². The maximum atomic E-state index is 13.6. The third-order valence-electron chi connectivity index (χ3n) is 5.92. The number of carbonyl (C=O) groups excluding carboxylic acids is 1. The van der Waals surface area contributed by atoms with Gasteiger partial charge in [0.15, 0.2) is 0 Å². The van der Waals surface area contributed by atoms with Crippen LogP contribution in [0.3, 0.4) is 0 Å². The quantitative estimate of drug-likeness (QED) is 0.436. The van der Waals surface area contributed by atoms with Gasteiger partial charge in [0, 0.05) is 6.54 Å². The second-order valence-corrected chi connectivity index (χ2v) is 10.8. The molecule has 6 heteroatoms. The van der Waals surface area contributed by atoms with Gasteiger partial charge in [-0.2, -0.15) is 0 Å². The number of anilines is 1. The van der Waals surface area contributed by atoms with Crippen molar-refractivity contribution < 1.29 is 13.2 Å². The molecule has 0 bridgehead atoms. The molecule has 0 aliphatic carbocycles. The lowest BCUT2D eigenvalue weighted by Crippen LogP contribution is -2.42. The minimum absolute atomic E-state index is 0.167. The summed E-state index contributed by atoms with van der Waals surface area (Å²) >= 11 is 0. The molecule has 5 nitrogen and oxygen atoms in total. The van der Waals surface area contributed by atoms with Crippen LogP contribution in [0.5, 0.6) is 0 Å². The van der Waals surface area contributed by atoms with Crippen LogP contribution < -0.4 is 9.62 Å². The molecule has 3 aromatic rings. The van der Waals surface area contributed by atoms with Gasteiger partial charge in [-0.25, -0.2) is 8.42 Å². The van der Waals surface area contributed by atoms with E-state index < -0.39 is 10.0 Å². The fraction of sp³-hybridized carbons (Fsp3) is 0.321. The predicted octanol–water partition coefficient (Wildman–Crippen LogP) is 5.19. The predicted molar refractivity (Wildman–Crippen MR) is 139 cm³/mol. The maximum Gasteiger partial charge on any atom is 0.264 e. The first-order valence-electron chi connectivity index (χ1n) is 11.7. The van der Waals surface area contributed by atoms with Crippen molar-refractivity contribution in [1.82, 2.24) is 5.32 Å². The Morgan fingerprint density at radius 2 is 1.50 bits per heavy atom. The highest BCUT2D eigenvalue weighted by molar-refractivity contribution is 7.92. The minimum atomic E-state index is -3.92. The first kappa shape index (κ1) is 25.5. The molecule has 1 unspecified atom stereocenters. The summed E-state index contributed by atoms with van der Waals surface area (Å²) in [4.78, 5) is 13.2. The molecule has 1 atom stereocenters. The highest BCUT2D eigenvalue weighted by atomic mass is 32.2. The van der Waals surface area contributed by atoms with Crippen LogP contribution >= 0.6 is 0 Å². The summed E-state index contributed by atoms with van der Waals surface area (Å²) in [6.07, 6.45) is 1.78. The Morgan fingerprint density at radius 1 is 0.882 bits per heavy atom. The van der Waals surface area contributed by atoms with Crippen molar-refractivity contribution in [2.45, 2.75) is 45.4 Å². The molecule has 0 saturated heterocycles. The number of amides is 1. The van der Waals surface area contributed by atoms with E-state index in [-0.39, 0.29) is 23.3 Å². The van der Waals surface area contributed by atoms with Crippen molar-refractivity contribution in [3.8, 4) is 0 Å². The number of nitrogens with zero attached hydrogens (tertiary/aromatic N) is 1. The molecular weight excluding hydrogens is 444 g/mol. The van der Waals surface area contributed by atoms with Gasteiger partial charge in [0.1, 0.15) is 6.54 Å². The Kier molecular flexibility index (Phi) is 8.51. The third kappa shape index (κ3) is 6.70.